The Morgan fingerprint density at radius 3 is 2.43 bits per heavy atom. The van der Waals surface area contributed by atoms with Crippen molar-refractivity contribution in [3.05, 3.63) is 70.3 Å². The van der Waals surface area contributed by atoms with E-state index in [0.29, 0.717) is 34.8 Å². The van der Waals surface area contributed by atoms with Gasteiger partial charge < -0.3 is 11.1 Å². The molecule has 0 fully saturated rings. The summed E-state index contributed by atoms with van der Waals surface area (Å²) >= 11 is 6.13. The largest absolute Gasteiger partial charge is 0.398 e. The number of allylic oxidation sites excluding steroid dienone is 1. The summed E-state index contributed by atoms with van der Waals surface area (Å²) in [5.41, 5.74) is 9.50. The highest BCUT2D eigenvalue weighted by atomic mass is 35.5. The maximum absolute atomic E-state index is 12.4. The highest BCUT2D eigenvalue weighted by Crippen LogP contribution is 2.27. The zero-order chi connectivity index (χ0) is 20.3. The van der Waals surface area contributed by atoms with E-state index in [2.05, 4.69) is 12.2 Å². The van der Waals surface area contributed by atoms with Crippen LogP contribution < -0.4 is 11.1 Å². The first kappa shape index (κ1) is 20.0. The van der Waals surface area contributed by atoms with Gasteiger partial charge in [0.25, 0.3) is 11.8 Å². The number of hydrogen-bond donors (Lipinski definition) is 2. The molecule has 0 radical (unpaired) electrons. The molecule has 1 atom stereocenters. The van der Waals surface area contributed by atoms with E-state index < -0.39 is 0 Å². The predicted octanol–water partition coefficient (Wildman–Crippen LogP) is 4.54. The molecule has 5 nitrogen and oxygen atoms in total. The number of nitrogens with zero attached hydrogens (tertiary/aromatic N) is 1. The summed E-state index contributed by atoms with van der Waals surface area (Å²) in [6.07, 6.45) is 3.34. The van der Waals surface area contributed by atoms with Crippen LogP contribution in [-0.4, -0.2) is 29.3 Å². The molecule has 3 N–H and O–H groups in total. The van der Waals surface area contributed by atoms with Crippen LogP contribution in [0.1, 0.15) is 53.0 Å². The Morgan fingerprint density at radius 2 is 1.82 bits per heavy atom. The van der Waals surface area contributed by atoms with E-state index in [1.165, 1.54) is 4.90 Å². The van der Waals surface area contributed by atoms with Crippen LogP contribution in [0, 0.1) is 0 Å². The Hall–Kier alpha value is -2.79. The van der Waals surface area contributed by atoms with Gasteiger partial charge in [0.05, 0.1) is 11.1 Å². The van der Waals surface area contributed by atoms with Crippen LogP contribution in [0.3, 0.4) is 0 Å². The van der Waals surface area contributed by atoms with Gasteiger partial charge in [-0.3, -0.25) is 14.5 Å². The first-order valence-corrected chi connectivity index (χ1v) is 9.73. The van der Waals surface area contributed by atoms with Gasteiger partial charge in [0.2, 0.25) is 0 Å². The Bertz CT molecular complexity index is 904. The molecule has 1 aliphatic rings. The standard InChI is InChI=1S/C22H24ClN3O2/c1-3-19(24)18-11-10-15(23)13-20(18)25-14(2)7-6-12-26-21(27)16-8-4-5-9-17(16)22(26)28/h3-5,8-11,13-14,25H,6-7,12,24H2,1-2H3/b19-3+. The molecule has 1 heterocycles. The molecular weight excluding hydrogens is 374 g/mol. The zero-order valence-electron chi connectivity index (χ0n) is 16.0. The minimum atomic E-state index is -0.209. The van der Waals surface area contributed by atoms with E-state index in [0.717, 1.165) is 17.7 Å². The molecule has 0 spiro atoms. The summed E-state index contributed by atoms with van der Waals surface area (Å²) in [5, 5.41) is 4.07. The molecule has 2 amide bonds. The fourth-order valence-electron chi connectivity index (χ4n) is 3.38. The number of imide groups is 1. The van der Waals surface area contributed by atoms with Crippen molar-refractivity contribution in [3.63, 3.8) is 0 Å². The first-order chi connectivity index (χ1) is 13.4. The maximum atomic E-state index is 12.4. The van der Waals surface area contributed by atoms with E-state index in [4.69, 9.17) is 17.3 Å². The number of anilines is 1. The highest BCUT2D eigenvalue weighted by molar-refractivity contribution is 6.31. The third-order valence-corrected chi connectivity index (χ3v) is 5.14. The van der Waals surface area contributed by atoms with E-state index in [1.807, 2.05) is 31.2 Å². The van der Waals surface area contributed by atoms with Gasteiger partial charge in [-0.05, 0) is 57.0 Å². The van der Waals surface area contributed by atoms with E-state index in [-0.39, 0.29) is 17.9 Å². The van der Waals surface area contributed by atoms with E-state index in [9.17, 15) is 9.59 Å². The Morgan fingerprint density at radius 1 is 1.18 bits per heavy atom. The summed E-state index contributed by atoms with van der Waals surface area (Å²) in [6.45, 7) is 4.34. The van der Waals surface area contributed by atoms with Gasteiger partial charge in [-0.15, -0.1) is 0 Å². The lowest BCUT2D eigenvalue weighted by Crippen LogP contribution is -2.31. The van der Waals surface area contributed by atoms with Gasteiger partial charge in [-0.2, -0.15) is 0 Å². The van der Waals surface area contributed by atoms with Crippen LogP contribution in [0.15, 0.2) is 48.5 Å². The molecule has 1 unspecified atom stereocenters. The average molecular weight is 398 g/mol. The lowest BCUT2D eigenvalue weighted by atomic mass is 10.1. The van der Waals surface area contributed by atoms with Gasteiger partial charge in [0.15, 0.2) is 0 Å². The third kappa shape index (κ3) is 4.04. The molecule has 2 aromatic carbocycles. The second kappa shape index (κ2) is 8.48. The summed E-state index contributed by atoms with van der Waals surface area (Å²) in [4.78, 5) is 26.2. The minimum Gasteiger partial charge on any atom is -0.398 e. The molecule has 1 aliphatic heterocycles. The lowest BCUT2D eigenvalue weighted by molar-refractivity contribution is 0.0651. The van der Waals surface area contributed by atoms with Crippen molar-refractivity contribution in [2.45, 2.75) is 32.7 Å². The third-order valence-electron chi connectivity index (χ3n) is 4.90. The van der Waals surface area contributed by atoms with E-state index >= 15 is 0 Å². The van der Waals surface area contributed by atoms with Crippen LogP contribution >= 0.6 is 11.6 Å². The summed E-state index contributed by atoms with van der Waals surface area (Å²) in [6, 6.07) is 12.6. The summed E-state index contributed by atoms with van der Waals surface area (Å²) in [7, 11) is 0. The molecule has 2 aromatic rings. The number of nitrogens with one attached hydrogen (secondary N) is 1. The first-order valence-electron chi connectivity index (χ1n) is 9.36. The fraction of sp³-hybridized carbons (Fsp3) is 0.273. The monoisotopic (exact) mass is 397 g/mol. The topological polar surface area (TPSA) is 75.4 Å². The molecular formula is C22H24ClN3O2. The van der Waals surface area contributed by atoms with Crippen molar-refractivity contribution in [1.82, 2.24) is 4.90 Å². The Balaban J connectivity index is 1.59. The minimum absolute atomic E-state index is 0.122. The number of amides is 2. The van der Waals surface area contributed by atoms with Gasteiger partial charge in [0.1, 0.15) is 0 Å². The molecule has 0 saturated heterocycles. The Kier molecular flexibility index (Phi) is 6.05. The van der Waals surface area contributed by atoms with Gasteiger partial charge in [-0.1, -0.05) is 29.8 Å². The predicted molar refractivity (Wildman–Crippen MR) is 113 cm³/mol. The maximum Gasteiger partial charge on any atom is 0.261 e. The van der Waals surface area contributed by atoms with Crippen molar-refractivity contribution in [2.75, 3.05) is 11.9 Å². The number of nitrogens with two attached hydrogens (primary N) is 1. The highest BCUT2D eigenvalue weighted by Gasteiger charge is 2.34. The van der Waals surface area contributed by atoms with Crippen LogP contribution in [0.25, 0.3) is 5.70 Å². The van der Waals surface area contributed by atoms with Crippen molar-refractivity contribution in [2.24, 2.45) is 5.73 Å². The second-order valence-electron chi connectivity index (χ2n) is 6.93. The number of halogens is 1. The fourth-order valence-corrected chi connectivity index (χ4v) is 3.55. The molecule has 28 heavy (non-hydrogen) atoms. The van der Waals surface area contributed by atoms with Crippen molar-refractivity contribution < 1.29 is 9.59 Å². The van der Waals surface area contributed by atoms with Crippen molar-refractivity contribution in [1.29, 1.82) is 0 Å². The van der Waals surface area contributed by atoms with Crippen LogP contribution in [0.4, 0.5) is 5.69 Å². The van der Waals surface area contributed by atoms with Crippen LogP contribution in [-0.2, 0) is 0 Å². The smallest absolute Gasteiger partial charge is 0.261 e. The second-order valence-corrected chi connectivity index (χ2v) is 7.37. The van der Waals surface area contributed by atoms with Crippen molar-refractivity contribution in [3.8, 4) is 0 Å². The number of carbonyl (C=O) groups is 2. The molecule has 0 aliphatic carbocycles. The average Bonchev–Trinajstić information content (AvgIpc) is 2.93. The zero-order valence-corrected chi connectivity index (χ0v) is 16.8. The molecule has 6 heteroatoms. The van der Waals surface area contributed by atoms with Gasteiger partial charge in [0, 0.05) is 34.6 Å². The summed E-state index contributed by atoms with van der Waals surface area (Å²) < 4.78 is 0. The number of benzene rings is 2. The number of hydrogen-bond acceptors (Lipinski definition) is 4. The lowest BCUT2D eigenvalue weighted by Gasteiger charge is -2.20. The van der Waals surface area contributed by atoms with Gasteiger partial charge in [-0.25, -0.2) is 0 Å². The molecule has 0 saturated carbocycles. The molecule has 0 aromatic heterocycles. The quantitative estimate of drug-likeness (QED) is 0.672. The molecule has 3 rings (SSSR count). The van der Waals surface area contributed by atoms with Crippen molar-refractivity contribution >= 4 is 34.8 Å². The van der Waals surface area contributed by atoms with Crippen LogP contribution in [0.2, 0.25) is 5.02 Å². The number of fused-ring (bicyclic) bond motifs is 1. The number of carbonyl (C=O) groups excluding carboxylic acids is 2. The summed E-state index contributed by atoms with van der Waals surface area (Å²) in [5.74, 6) is -0.418. The van der Waals surface area contributed by atoms with E-state index in [1.54, 1.807) is 24.3 Å². The molecule has 0 bridgehead atoms. The normalized spacial score (nSPS) is 15.0. The van der Waals surface area contributed by atoms with Crippen LogP contribution in [0.5, 0.6) is 0 Å². The SMILES string of the molecule is C/C=C(/N)c1ccc(Cl)cc1NC(C)CCCN1C(=O)c2ccccc2C1=O. The Labute approximate surface area is 170 Å². The van der Waals surface area contributed by atoms with Gasteiger partial charge >= 0.3 is 0 Å². The number of rotatable bonds is 7. The molecule has 146 valence electrons.